The Labute approximate surface area is 87.2 Å². The highest BCUT2D eigenvalue weighted by atomic mass is 16.5. The molecule has 15 heavy (non-hydrogen) atoms. The van der Waals surface area contributed by atoms with Crippen LogP contribution >= 0.6 is 0 Å². The maximum absolute atomic E-state index is 11.4. The smallest absolute Gasteiger partial charge is 0.339 e. The minimum absolute atomic E-state index is 0.404. The van der Waals surface area contributed by atoms with Crippen molar-refractivity contribution in [1.29, 1.82) is 0 Å². The van der Waals surface area contributed by atoms with Crippen LogP contribution in [0.4, 0.5) is 5.69 Å². The number of carbonyl (C=O) groups is 1. The van der Waals surface area contributed by atoms with Crippen LogP contribution in [0.1, 0.15) is 10.4 Å². The number of carbonyl (C=O) groups excluding carboxylic acids is 1. The molecule has 4 nitrogen and oxygen atoms in total. The van der Waals surface area contributed by atoms with E-state index in [9.17, 15) is 4.79 Å². The highest BCUT2D eigenvalue weighted by Gasteiger charge is 2.13. The summed E-state index contributed by atoms with van der Waals surface area (Å²) in [4.78, 5) is 11.4. The Morgan fingerprint density at radius 3 is 2.80 bits per heavy atom. The lowest BCUT2D eigenvalue weighted by Crippen LogP contribution is -2.05. The molecule has 0 saturated carbocycles. The van der Waals surface area contributed by atoms with E-state index in [0.29, 0.717) is 11.3 Å². The van der Waals surface area contributed by atoms with Gasteiger partial charge in [0.1, 0.15) is 0 Å². The van der Waals surface area contributed by atoms with Crippen molar-refractivity contribution in [2.45, 2.75) is 0 Å². The zero-order valence-corrected chi connectivity index (χ0v) is 8.65. The summed E-state index contributed by atoms with van der Waals surface area (Å²) in [6, 6.07) is 5.43. The van der Waals surface area contributed by atoms with Crippen LogP contribution in [0, 0.1) is 0 Å². The third kappa shape index (κ3) is 1.34. The van der Waals surface area contributed by atoms with Gasteiger partial charge in [0.15, 0.2) is 0 Å². The van der Waals surface area contributed by atoms with Gasteiger partial charge in [-0.1, -0.05) is 0 Å². The van der Waals surface area contributed by atoms with Crippen LogP contribution in [0.3, 0.4) is 0 Å². The molecule has 2 N–H and O–H groups in total. The fraction of sp³-hybridized carbons (Fsp3) is 0.182. The lowest BCUT2D eigenvalue weighted by atomic mass is 10.1. The third-order valence-corrected chi connectivity index (χ3v) is 2.51. The molecule has 0 radical (unpaired) electrons. The summed E-state index contributed by atoms with van der Waals surface area (Å²) >= 11 is 0. The average Bonchev–Trinajstić information content (AvgIpc) is 2.61. The second-order valence-corrected chi connectivity index (χ2v) is 3.38. The number of aromatic nitrogens is 1. The Morgan fingerprint density at radius 1 is 1.40 bits per heavy atom. The van der Waals surface area contributed by atoms with Gasteiger partial charge in [-0.2, -0.15) is 0 Å². The van der Waals surface area contributed by atoms with Crippen LogP contribution in [0.15, 0.2) is 24.4 Å². The Morgan fingerprint density at radius 2 is 2.13 bits per heavy atom. The van der Waals surface area contributed by atoms with Gasteiger partial charge in [0, 0.05) is 24.1 Å². The monoisotopic (exact) mass is 204 g/mol. The molecule has 1 heterocycles. The van der Waals surface area contributed by atoms with Crippen LogP contribution in [-0.4, -0.2) is 17.6 Å². The molecule has 0 unspecified atom stereocenters. The average molecular weight is 204 g/mol. The van der Waals surface area contributed by atoms with Gasteiger partial charge in [0.2, 0.25) is 0 Å². The number of rotatable bonds is 1. The number of aryl methyl sites for hydroxylation is 1. The number of methoxy groups -OCH3 is 1. The number of nitrogen functional groups attached to an aromatic ring is 1. The SMILES string of the molecule is COC(=O)c1ccc2c(ccn2C)c1N. The summed E-state index contributed by atoms with van der Waals surface area (Å²) in [6.07, 6.45) is 1.90. The number of nitrogens with two attached hydrogens (primary N) is 1. The van der Waals surface area contributed by atoms with Crippen LogP contribution in [0.25, 0.3) is 10.9 Å². The zero-order valence-electron chi connectivity index (χ0n) is 8.65. The molecule has 2 rings (SSSR count). The highest BCUT2D eigenvalue weighted by Crippen LogP contribution is 2.25. The normalized spacial score (nSPS) is 10.5. The van der Waals surface area contributed by atoms with Crippen molar-refractivity contribution in [3.05, 3.63) is 30.0 Å². The van der Waals surface area contributed by atoms with Crippen LogP contribution in [0.5, 0.6) is 0 Å². The van der Waals surface area contributed by atoms with Crippen molar-refractivity contribution in [3.8, 4) is 0 Å². The number of hydrogen-bond acceptors (Lipinski definition) is 3. The molecule has 1 aromatic carbocycles. The van der Waals surface area contributed by atoms with Crippen LogP contribution in [0.2, 0.25) is 0 Å². The molecule has 2 aromatic rings. The van der Waals surface area contributed by atoms with E-state index in [1.165, 1.54) is 7.11 Å². The first-order valence-corrected chi connectivity index (χ1v) is 4.57. The zero-order chi connectivity index (χ0) is 11.0. The number of nitrogens with zero attached hydrogens (tertiary/aromatic N) is 1. The van der Waals surface area contributed by atoms with Crippen molar-refractivity contribution >= 4 is 22.6 Å². The van der Waals surface area contributed by atoms with Crippen molar-refractivity contribution in [2.24, 2.45) is 7.05 Å². The standard InChI is InChI=1S/C11H12N2O2/c1-13-6-5-7-9(13)4-3-8(10(7)12)11(14)15-2/h3-6H,12H2,1-2H3. The lowest BCUT2D eigenvalue weighted by molar-refractivity contribution is 0.0602. The topological polar surface area (TPSA) is 57.2 Å². The molecule has 0 spiro atoms. The predicted octanol–water partition coefficient (Wildman–Crippen LogP) is 1.55. The number of fused-ring (bicyclic) bond motifs is 1. The first-order valence-electron chi connectivity index (χ1n) is 4.57. The number of hydrogen-bond donors (Lipinski definition) is 1. The molecule has 4 heteroatoms. The summed E-state index contributed by atoms with van der Waals surface area (Å²) in [5.74, 6) is -0.404. The minimum atomic E-state index is -0.404. The van der Waals surface area contributed by atoms with Crippen molar-refractivity contribution in [2.75, 3.05) is 12.8 Å². The number of esters is 1. The molecular weight excluding hydrogens is 192 g/mol. The van der Waals surface area contributed by atoms with Crippen LogP contribution in [-0.2, 0) is 11.8 Å². The van der Waals surface area contributed by atoms with E-state index in [1.807, 2.05) is 29.9 Å². The molecular formula is C11H12N2O2. The summed E-state index contributed by atoms with van der Waals surface area (Å²) in [6.45, 7) is 0. The summed E-state index contributed by atoms with van der Waals surface area (Å²) in [5, 5.41) is 0.875. The molecule has 0 amide bonds. The lowest BCUT2D eigenvalue weighted by Gasteiger charge is -2.05. The van der Waals surface area contributed by atoms with Gasteiger partial charge in [-0.05, 0) is 18.2 Å². The van der Waals surface area contributed by atoms with Crippen molar-refractivity contribution in [1.82, 2.24) is 4.57 Å². The van der Waals surface area contributed by atoms with E-state index in [1.54, 1.807) is 6.07 Å². The second kappa shape index (κ2) is 3.31. The fourth-order valence-corrected chi connectivity index (χ4v) is 1.66. The van der Waals surface area contributed by atoms with E-state index < -0.39 is 5.97 Å². The molecule has 0 aliphatic rings. The quantitative estimate of drug-likeness (QED) is 0.566. The first-order chi connectivity index (χ1) is 7.15. The molecule has 1 aromatic heterocycles. The maximum Gasteiger partial charge on any atom is 0.339 e. The summed E-state index contributed by atoms with van der Waals surface area (Å²) < 4.78 is 6.60. The van der Waals surface area contributed by atoms with Crippen molar-refractivity contribution in [3.63, 3.8) is 0 Å². The molecule has 0 bridgehead atoms. The van der Waals surface area contributed by atoms with E-state index in [0.717, 1.165) is 10.9 Å². The molecule has 0 aliphatic heterocycles. The number of benzene rings is 1. The van der Waals surface area contributed by atoms with E-state index >= 15 is 0 Å². The summed E-state index contributed by atoms with van der Waals surface area (Å²) in [7, 11) is 3.27. The predicted molar refractivity (Wildman–Crippen MR) is 58.7 cm³/mol. The van der Waals surface area contributed by atoms with Gasteiger partial charge in [0.25, 0.3) is 0 Å². The fourth-order valence-electron chi connectivity index (χ4n) is 1.66. The largest absolute Gasteiger partial charge is 0.465 e. The van der Waals surface area contributed by atoms with Gasteiger partial charge in [-0.15, -0.1) is 0 Å². The molecule has 0 aliphatic carbocycles. The van der Waals surface area contributed by atoms with Gasteiger partial charge < -0.3 is 15.0 Å². The van der Waals surface area contributed by atoms with Gasteiger partial charge in [0.05, 0.1) is 18.4 Å². The van der Waals surface area contributed by atoms with E-state index in [-0.39, 0.29) is 0 Å². The molecule has 0 fully saturated rings. The number of anilines is 1. The first kappa shape index (κ1) is 9.58. The number of ether oxygens (including phenoxy) is 1. The van der Waals surface area contributed by atoms with E-state index in [2.05, 4.69) is 4.74 Å². The Balaban J connectivity index is 2.71. The minimum Gasteiger partial charge on any atom is -0.465 e. The Bertz CT molecular complexity index is 529. The Kier molecular flexibility index (Phi) is 2.11. The van der Waals surface area contributed by atoms with Gasteiger partial charge in [-0.3, -0.25) is 0 Å². The highest BCUT2D eigenvalue weighted by molar-refractivity contribution is 6.04. The van der Waals surface area contributed by atoms with Gasteiger partial charge in [-0.25, -0.2) is 4.79 Å². The summed E-state index contributed by atoms with van der Waals surface area (Å²) in [5.41, 5.74) is 7.78. The molecule has 0 saturated heterocycles. The van der Waals surface area contributed by atoms with E-state index in [4.69, 9.17) is 5.73 Å². The Hall–Kier alpha value is -1.97. The van der Waals surface area contributed by atoms with Gasteiger partial charge >= 0.3 is 5.97 Å². The third-order valence-electron chi connectivity index (χ3n) is 2.51. The van der Waals surface area contributed by atoms with Crippen molar-refractivity contribution < 1.29 is 9.53 Å². The molecule has 78 valence electrons. The maximum atomic E-state index is 11.4. The second-order valence-electron chi connectivity index (χ2n) is 3.38. The molecule has 0 atom stereocenters. The van der Waals surface area contributed by atoms with Crippen LogP contribution < -0.4 is 5.73 Å².